The zero-order chi connectivity index (χ0) is 31.2. The molecular formula is C42H88ClN. The molecule has 0 atom stereocenters. The summed E-state index contributed by atoms with van der Waals surface area (Å²) in [5, 5.41) is 2.60. The first-order chi connectivity index (χ1) is 21.3. The lowest BCUT2D eigenvalue weighted by atomic mass is 10.0. The molecule has 0 heterocycles. The van der Waals surface area contributed by atoms with Gasteiger partial charge in [0.1, 0.15) is 0 Å². The van der Waals surface area contributed by atoms with Crippen molar-refractivity contribution in [1.82, 2.24) is 0 Å². The number of rotatable bonds is 39. The molecule has 0 rings (SSSR count). The lowest BCUT2D eigenvalue weighted by Crippen LogP contribution is -3.00. The van der Waals surface area contributed by atoms with E-state index in [0.717, 1.165) is 5.92 Å². The highest BCUT2D eigenvalue weighted by molar-refractivity contribution is 4.53. The lowest BCUT2D eigenvalue weighted by Gasteiger charge is -2.05. The number of halogens is 1. The van der Waals surface area contributed by atoms with Gasteiger partial charge in [-0.2, -0.15) is 0 Å². The molecule has 0 aliphatic heterocycles. The molecule has 0 fully saturated rings. The topological polar surface area (TPSA) is 16.6 Å². The minimum Gasteiger partial charge on any atom is -1.00 e. The maximum Gasteiger partial charge on any atom is 0.0755 e. The Hall–Kier alpha value is 0.250. The Balaban J connectivity index is 0. The Bertz CT molecular complexity index is 465. The third-order valence-corrected chi connectivity index (χ3v) is 9.95. The van der Waals surface area contributed by atoms with Crippen LogP contribution in [0.2, 0.25) is 0 Å². The molecule has 0 saturated heterocycles. The van der Waals surface area contributed by atoms with Gasteiger partial charge < -0.3 is 17.7 Å². The number of unbranched alkanes of at least 4 members (excludes halogenated alkanes) is 33. The summed E-state index contributed by atoms with van der Waals surface area (Å²) >= 11 is 0. The minimum absolute atomic E-state index is 0. The fourth-order valence-electron chi connectivity index (χ4n) is 6.83. The molecule has 268 valence electrons. The van der Waals surface area contributed by atoms with Gasteiger partial charge in [-0.15, -0.1) is 0 Å². The van der Waals surface area contributed by atoms with Crippen LogP contribution in [0.5, 0.6) is 0 Å². The van der Waals surface area contributed by atoms with Gasteiger partial charge >= 0.3 is 0 Å². The van der Waals surface area contributed by atoms with E-state index in [1.165, 1.54) is 244 Å². The number of nitrogens with two attached hydrogens (primary N) is 1. The van der Waals surface area contributed by atoms with Crippen molar-refractivity contribution in [2.24, 2.45) is 5.92 Å². The van der Waals surface area contributed by atoms with E-state index < -0.39 is 0 Å². The molecular weight excluding hydrogens is 554 g/mol. The highest BCUT2D eigenvalue weighted by Gasteiger charge is 1.99. The van der Waals surface area contributed by atoms with Gasteiger partial charge in [0.15, 0.2) is 0 Å². The molecule has 0 amide bonds. The normalized spacial score (nSPS) is 11.5. The van der Waals surface area contributed by atoms with E-state index in [1.807, 2.05) is 0 Å². The summed E-state index contributed by atoms with van der Waals surface area (Å²) in [7, 11) is 0. The van der Waals surface area contributed by atoms with Crippen molar-refractivity contribution in [3.05, 3.63) is 0 Å². The van der Waals surface area contributed by atoms with Gasteiger partial charge in [0.05, 0.1) is 13.1 Å². The van der Waals surface area contributed by atoms with Crippen LogP contribution in [-0.4, -0.2) is 13.1 Å². The quantitative estimate of drug-likeness (QED) is 0.0643. The van der Waals surface area contributed by atoms with Gasteiger partial charge in [-0.05, 0) is 31.6 Å². The highest BCUT2D eigenvalue weighted by Crippen LogP contribution is 2.16. The summed E-state index contributed by atoms with van der Waals surface area (Å²) in [6, 6.07) is 0. The van der Waals surface area contributed by atoms with E-state index in [0.29, 0.717) is 0 Å². The predicted octanol–water partition coefficient (Wildman–Crippen LogP) is 11.3. The van der Waals surface area contributed by atoms with Gasteiger partial charge in [0, 0.05) is 0 Å². The molecule has 0 radical (unpaired) electrons. The summed E-state index contributed by atoms with van der Waals surface area (Å²) in [6.45, 7) is 9.76. The molecule has 0 aliphatic rings. The van der Waals surface area contributed by atoms with Crippen LogP contribution < -0.4 is 17.7 Å². The second-order valence-corrected chi connectivity index (χ2v) is 15.1. The molecule has 0 aromatic rings. The first-order valence-corrected chi connectivity index (χ1v) is 21.1. The average Bonchev–Trinajstić information content (AvgIpc) is 3.00. The van der Waals surface area contributed by atoms with Crippen LogP contribution >= 0.6 is 0 Å². The van der Waals surface area contributed by atoms with Crippen molar-refractivity contribution < 1.29 is 17.7 Å². The van der Waals surface area contributed by atoms with Crippen molar-refractivity contribution in [3.8, 4) is 0 Å². The van der Waals surface area contributed by atoms with Crippen LogP contribution in [0.1, 0.15) is 252 Å². The van der Waals surface area contributed by atoms with Gasteiger partial charge in [0.25, 0.3) is 0 Å². The van der Waals surface area contributed by atoms with Gasteiger partial charge in [0.2, 0.25) is 0 Å². The Morgan fingerprint density at radius 3 is 0.727 bits per heavy atom. The average molecular weight is 643 g/mol. The zero-order valence-electron chi connectivity index (χ0n) is 31.4. The first kappa shape index (κ1) is 46.4. The number of hydrogen-bond acceptors (Lipinski definition) is 0. The van der Waals surface area contributed by atoms with E-state index >= 15 is 0 Å². The zero-order valence-corrected chi connectivity index (χ0v) is 32.2. The summed E-state index contributed by atoms with van der Waals surface area (Å²) in [6.07, 6.45) is 53.1. The third-order valence-electron chi connectivity index (χ3n) is 9.95. The number of quaternary nitrogens is 1. The molecule has 0 aromatic carbocycles. The molecule has 2 N–H and O–H groups in total. The van der Waals surface area contributed by atoms with Crippen molar-refractivity contribution in [2.45, 2.75) is 252 Å². The molecule has 2 heteroatoms. The second kappa shape index (κ2) is 43.2. The standard InChI is InChI=1S/C42H87N.ClH/c1-4-5-6-7-8-9-10-11-12-19-22-25-28-31-34-37-40-43-41-38-35-32-29-26-23-20-17-15-13-14-16-18-21-24-27-30-33-36-39-42(2)3;/h42-43H,4-41H2,1-3H3;1H. The van der Waals surface area contributed by atoms with Crippen LogP contribution in [0.3, 0.4) is 0 Å². The van der Waals surface area contributed by atoms with Crippen molar-refractivity contribution in [1.29, 1.82) is 0 Å². The van der Waals surface area contributed by atoms with E-state index in [9.17, 15) is 0 Å². The molecule has 0 aromatic heterocycles. The van der Waals surface area contributed by atoms with E-state index in [-0.39, 0.29) is 12.4 Å². The van der Waals surface area contributed by atoms with Crippen LogP contribution in [0, 0.1) is 5.92 Å². The van der Waals surface area contributed by atoms with Crippen LogP contribution in [-0.2, 0) is 0 Å². The highest BCUT2D eigenvalue weighted by atomic mass is 35.5. The Labute approximate surface area is 287 Å². The summed E-state index contributed by atoms with van der Waals surface area (Å²) in [4.78, 5) is 0. The van der Waals surface area contributed by atoms with Crippen LogP contribution in [0.4, 0.5) is 0 Å². The molecule has 44 heavy (non-hydrogen) atoms. The Kier molecular flexibility index (Phi) is 45.6. The van der Waals surface area contributed by atoms with Crippen LogP contribution in [0.25, 0.3) is 0 Å². The monoisotopic (exact) mass is 642 g/mol. The molecule has 0 spiro atoms. The second-order valence-electron chi connectivity index (χ2n) is 15.1. The van der Waals surface area contributed by atoms with E-state index in [2.05, 4.69) is 26.1 Å². The Morgan fingerprint density at radius 2 is 0.500 bits per heavy atom. The summed E-state index contributed by atoms with van der Waals surface area (Å²) in [5.41, 5.74) is 0. The smallest absolute Gasteiger partial charge is 0.0755 e. The van der Waals surface area contributed by atoms with Gasteiger partial charge in [-0.3, -0.25) is 0 Å². The molecule has 1 nitrogen and oxygen atoms in total. The fourth-order valence-corrected chi connectivity index (χ4v) is 6.83. The maximum atomic E-state index is 2.60. The largest absolute Gasteiger partial charge is 1.00 e. The molecule has 0 unspecified atom stereocenters. The Morgan fingerprint density at radius 1 is 0.295 bits per heavy atom. The summed E-state index contributed by atoms with van der Waals surface area (Å²) in [5.74, 6) is 0.895. The van der Waals surface area contributed by atoms with Crippen molar-refractivity contribution in [3.63, 3.8) is 0 Å². The van der Waals surface area contributed by atoms with Crippen molar-refractivity contribution in [2.75, 3.05) is 13.1 Å². The van der Waals surface area contributed by atoms with Crippen LogP contribution in [0.15, 0.2) is 0 Å². The molecule has 0 aliphatic carbocycles. The van der Waals surface area contributed by atoms with E-state index in [4.69, 9.17) is 0 Å². The number of hydrogen-bond donors (Lipinski definition) is 1. The van der Waals surface area contributed by atoms with Crippen molar-refractivity contribution >= 4 is 0 Å². The predicted molar refractivity (Wildman–Crippen MR) is 198 cm³/mol. The summed E-state index contributed by atoms with van der Waals surface area (Å²) < 4.78 is 0. The SMILES string of the molecule is CCCCCCCCCCCCCCCCCC[NH2+]CCCCCCCCCCCCCCCCCCCCCC(C)C.[Cl-]. The van der Waals surface area contributed by atoms with Gasteiger partial charge in [-0.25, -0.2) is 0 Å². The lowest BCUT2D eigenvalue weighted by molar-refractivity contribution is -0.655. The van der Waals surface area contributed by atoms with Gasteiger partial charge in [-0.1, -0.05) is 226 Å². The van der Waals surface area contributed by atoms with E-state index in [1.54, 1.807) is 0 Å². The minimum atomic E-state index is 0. The third kappa shape index (κ3) is 44.4. The first-order valence-electron chi connectivity index (χ1n) is 21.1. The molecule has 0 bridgehead atoms. The maximum absolute atomic E-state index is 2.60. The fraction of sp³-hybridized carbons (Fsp3) is 1.00. The molecule has 0 saturated carbocycles.